The summed E-state index contributed by atoms with van der Waals surface area (Å²) in [6, 6.07) is 48.9. The number of aromatic nitrogens is 4. The van der Waals surface area contributed by atoms with E-state index in [1.54, 1.807) is 12.1 Å². The molecule has 2 spiro atoms. The van der Waals surface area contributed by atoms with Crippen LogP contribution in [0.5, 0.6) is 0 Å². The van der Waals surface area contributed by atoms with E-state index >= 15 is 4.79 Å². The maximum atomic E-state index is 15.0. The highest BCUT2D eigenvalue weighted by Crippen LogP contribution is 2.69. The lowest BCUT2D eigenvalue weighted by Crippen LogP contribution is -2.37. The molecule has 6 aromatic carbocycles. The zero-order chi connectivity index (χ0) is 50.0. The Morgan fingerprint density at radius 1 is 0.649 bits per heavy atom. The summed E-state index contributed by atoms with van der Waals surface area (Å²) in [5.74, 6) is 1.26. The van der Waals surface area contributed by atoms with Gasteiger partial charge < -0.3 is 25.5 Å². The molecular formula is C60H50Cl2N8O4. The minimum absolute atomic E-state index is 0.0132. The van der Waals surface area contributed by atoms with Crippen molar-refractivity contribution in [2.75, 3.05) is 20.4 Å². The predicted octanol–water partition coefficient (Wildman–Crippen LogP) is 11.9. The summed E-state index contributed by atoms with van der Waals surface area (Å²) in [5.41, 5.74) is 10.4. The third kappa shape index (κ3) is 7.56. The largest absolute Gasteiger partial charge is 0.373 e. The van der Waals surface area contributed by atoms with Gasteiger partial charge in [-0.25, -0.2) is 4.68 Å². The Bertz CT molecular complexity index is 3600. The second kappa shape index (κ2) is 17.0. The molecule has 368 valence electrons. The molecule has 4 aliphatic carbocycles. The molecule has 0 saturated heterocycles. The molecule has 0 radical (unpaired) electrons. The highest BCUT2D eigenvalue weighted by Gasteiger charge is 2.68. The van der Waals surface area contributed by atoms with E-state index in [1.165, 1.54) is 0 Å². The molecule has 74 heavy (non-hydrogen) atoms. The molecule has 4 N–H and O–H groups in total. The standard InChI is InChI=1S/C60H50Cl2N8O4/c61-42-19-15-36(16-20-42)47-30-59(47)45-9-1-2-10-50(45)68(57(59)73)32-34-5-4-8-41(26-34)56(72)64-54-29-52(39-13-14-39)70(67-54)44-23-24-51-46(27-44)60(31-48(60)37-17-21-43(62)22-18-37)58(74)69(51)33-35-6-3-7-40(25-35)55(71)63-53-28-49(65-66-53)38-11-12-38/h1-10,15-29,38-39,47-48,57,73H,11-14,30-33H2,(H,64,67,72)(H2,63,65,66,71). The maximum absolute atomic E-state index is 15.0. The molecule has 6 aliphatic rings. The van der Waals surface area contributed by atoms with Crippen molar-refractivity contribution >= 4 is 63.9 Å². The summed E-state index contributed by atoms with van der Waals surface area (Å²) in [6.45, 7) is 0.699. The Balaban J connectivity index is 0.728. The highest BCUT2D eigenvalue weighted by atomic mass is 35.5. The van der Waals surface area contributed by atoms with E-state index in [2.05, 4.69) is 56.1 Å². The molecule has 14 rings (SSSR count). The molecule has 0 bridgehead atoms. The molecule has 5 atom stereocenters. The number of hydrogen-bond acceptors (Lipinski definition) is 7. The van der Waals surface area contributed by atoms with Crippen molar-refractivity contribution in [1.29, 1.82) is 0 Å². The second-order valence-electron chi connectivity index (χ2n) is 21.2. The van der Waals surface area contributed by atoms with Gasteiger partial charge in [0, 0.05) is 85.8 Å². The van der Waals surface area contributed by atoms with Crippen LogP contribution in [0.4, 0.5) is 23.0 Å². The van der Waals surface area contributed by atoms with Crippen LogP contribution >= 0.6 is 23.2 Å². The van der Waals surface area contributed by atoms with E-state index in [1.807, 2.05) is 119 Å². The van der Waals surface area contributed by atoms with E-state index in [4.69, 9.17) is 28.3 Å². The third-order valence-electron chi connectivity index (χ3n) is 16.5. The minimum atomic E-state index is -0.798. The summed E-state index contributed by atoms with van der Waals surface area (Å²) in [6.07, 6.45) is 5.00. The van der Waals surface area contributed by atoms with Crippen LogP contribution in [-0.4, -0.2) is 49.0 Å². The highest BCUT2D eigenvalue weighted by molar-refractivity contribution is 6.30. The number of carbonyl (C=O) groups is 3. The van der Waals surface area contributed by atoms with Crippen molar-refractivity contribution in [2.45, 2.75) is 92.3 Å². The van der Waals surface area contributed by atoms with Crippen LogP contribution in [0.15, 0.2) is 152 Å². The lowest BCUT2D eigenvalue weighted by atomic mass is 9.91. The predicted molar refractivity (Wildman–Crippen MR) is 286 cm³/mol. The fourth-order valence-corrected chi connectivity index (χ4v) is 12.5. The molecule has 5 unspecified atom stereocenters. The van der Waals surface area contributed by atoms with Gasteiger partial charge in [-0.05, 0) is 151 Å². The molecule has 12 nitrogen and oxygen atoms in total. The van der Waals surface area contributed by atoms with Crippen LogP contribution in [0.25, 0.3) is 5.69 Å². The lowest BCUT2D eigenvalue weighted by molar-refractivity contribution is -0.120. The first-order chi connectivity index (χ1) is 36.0. The summed E-state index contributed by atoms with van der Waals surface area (Å²) in [7, 11) is 0. The van der Waals surface area contributed by atoms with Crippen LogP contribution in [0.1, 0.15) is 128 Å². The number of rotatable bonds is 13. The number of hydrogen-bond donors (Lipinski definition) is 4. The number of benzene rings is 6. The van der Waals surface area contributed by atoms with E-state index in [0.717, 1.165) is 93.9 Å². The molecular weight excluding hydrogens is 968 g/mol. The zero-order valence-corrected chi connectivity index (χ0v) is 41.7. The average Bonchev–Trinajstić information content (AvgIpc) is 4.37. The number of carbonyl (C=O) groups excluding carboxylic acids is 3. The van der Waals surface area contributed by atoms with Gasteiger partial charge in [0.2, 0.25) is 5.91 Å². The number of aliphatic hydroxyl groups is 1. The van der Waals surface area contributed by atoms with Gasteiger partial charge in [-0.2, -0.15) is 5.10 Å². The van der Waals surface area contributed by atoms with E-state index < -0.39 is 17.1 Å². The van der Waals surface area contributed by atoms with Crippen molar-refractivity contribution in [3.05, 3.63) is 218 Å². The van der Waals surface area contributed by atoms with Gasteiger partial charge in [-0.3, -0.25) is 19.5 Å². The van der Waals surface area contributed by atoms with Crippen molar-refractivity contribution in [2.24, 2.45) is 0 Å². The van der Waals surface area contributed by atoms with E-state index in [-0.39, 0.29) is 42.0 Å². The number of fused-ring (bicyclic) bond motifs is 4. The van der Waals surface area contributed by atoms with Crippen molar-refractivity contribution < 1.29 is 19.5 Å². The third-order valence-corrected chi connectivity index (χ3v) is 17.0. The number of aliphatic hydroxyl groups excluding tert-OH is 1. The fourth-order valence-electron chi connectivity index (χ4n) is 12.3. The van der Waals surface area contributed by atoms with Gasteiger partial charge in [-0.15, -0.1) is 5.10 Å². The topological polar surface area (TPSA) is 148 Å². The Morgan fingerprint density at radius 2 is 1.30 bits per heavy atom. The summed E-state index contributed by atoms with van der Waals surface area (Å²) < 4.78 is 1.93. The van der Waals surface area contributed by atoms with Crippen LogP contribution in [0.2, 0.25) is 10.0 Å². The molecule has 2 aromatic heterocycles. The van der Waals surface area contributed by atoms with Crippen LogP contribution in [-0.2, 0) is 28.7 Å². The smallest absolute Gasteiger partial charge is 0.256 e. The molecule has 8 aromatic rings. The monoisotopic (exact) mass is 1020 g/mol. The normalized spacial score (nSPS) is 23.1. The summed E-state index contributed by atoms with van der Waals surface area (Å²) in [4.78, 5) is 46.6. The van der Waals surface area contributed by atoms with Gasteiger partial charge in [0.1, 0.15) is 6.23 Å². The lowest BCUT2D eigenvalue weighted by Gasteiger charge is -2.27. The minimum Gasteiger partial charge on any atom is -0.373 e. The van der Waals surface area contributed by atoms with Gasteiger partial charge in [-0.1, -0.05) is 89.9 Å². The second-order valence-corrected chi connectivity index (χ2v) is 22.0. The first kappa shape index (κ1) is 45.1. The van der Waals surface area contributed by atoms with E-state index in [9.17, 15) is 14.7 Å². The molecule has 3 amide bonds. The van der Waals surface area contributed by atoms with Crippen LogP contribution in [0.3, 0.4) is 0 Å². The Hall–Kier alpha value is -7.51. The molecule has 4 saturated carbocycles. The number of halogens is 2. The maximum Gasteiger partial charge on any atom is 0.256 e. The first-order valence-electron chi connectivity index (χ1n) is 25.5. The average molecular weight is 1020 g/mol. The van der Waals surface area contributed by atoms with Gasteiger partial charge in [0.25, 0.3) is 11.8 Å². The fraction of sp³-hybridized carbons (Fsp3) is 0.250. The quantitative estimate of drug-likeness (QED) is 0.0898. The summed E-state index contributed by atoms with van der Waals surface area (Å²) >= 11 is 12.6. The molecule has 14 heteroatoms. The van der Waals surface area contributed by atoms with Gasteiger partial charge in [0.15, 0.2) is 11.6 Å². The Morgan fingerprint density at radius 3 is 1.99 bits per heavy atom. The molecule has 2 aliphatic heterocycles. The van der Waals surface area contributed by atoms with Gasteiger partial charge >= 0.3 is 0 Å². The number of amides is 3. The number of aromatic amines is 1. The van der Waals surface area contributed by atoms with Crippen LogP contribution in [0, 0.1) is 0 Å². The first-order valence-corrected chi connectivity index (χ1v) is 26.3. The van der Waals surface area contributed by atoms with Gasteiger partial charge in [0.05, 0.1) is 17.6 Å². The molecule has 4 fully saturated rings. The zero-order valence-electron chi connectivity index (χ0n) is 40.1. The SMILES string of the molecule is O=C(Nc1cc(C2CC2)[nH]n1)c1cccc(CN2C(=O)C3(CC3c3ccc(Cl)cc3)c3cc(-n4nc(NC(=O)c5cccc(CN6c7ccccc7C7(CC7c7ccc(Cl)cc7)C6O)c5)cc4C4CC4)ccc32)c1. The van der Waals surface area contributed by atoms with E-state index in [0.29, 0.717) is 51.7 Å². The number of H-pyrrole nitrogens is 1. The van der Waals surface area contributed by atoms with Crippen molar-refractivity contribution in [3.63, 3.8) is 0 Å². The van der Waals surface area contributed by atoms with Crippen LogP contribution < -0.4 is 20.4 Å². The van der Waals surface area contributed by atoms with Crippen molar-refractivity contribution in [3.8, 4) is 5.69 Å². The molecule has 4 heterocycles. The number of para-hydroxylation sites is 1. The number of nitrogens with zero attached hydrogens (tertiary/aromatic N) is 5. The summed E-state index contributed by atoms with van der Waals surface area (Å²) in [5, 5.41) is 31.8. The Labute approximate surface area is 437 Å². The number of anilines is 4. The number of nitrogens with one attached hydrogen (secondary N) is 3. The van der Waals surface area contributed by atoms with Crippen molar-refractivity contribution in [1.82, 2.24) is 20.0 Å². The Kier molecular flexibility index (Phi) is 10.4.